The summed E-state index contributed by atoms with van der Waals surface area (Å²) in [6.07, 6.45) is 17.4. The van der Waals surface area contributed by atoms with Crippen LogP contribution in [0.3, 0.4) is 0 Å². The average molecular weight is 649 g/mol. The van der Waals surface area contributed by atoms with E-state index in [0.29, 0.717) is 0 Å². The molecule has 0 aromatic heterocycles. The van der Waals surface area contributed by atoms with Gasteiger partial charge in [0.1, 0.15) is 0 Å². The average Bonchev–Trinajstić information content (AvgIpc) is 3.68. The summed E-state index contributed by atoms with van der Waals surface area (Å²) in [5.41, 5.74) is 2.84. The van der Waals surface area contributed by atoms with Crippen LogP contribution in [0.5, 0.6) is 0 Å². The molecule has 4 aromatic rings. The van der Waals surface area contributed by atoms with E-state index in [1.165, 1.54) is 32.5 Å². The molecule has 0 bridgehead atoms. The first kappa shape index (κ1) is 34.3. The van der Waals surface area contributed by atoms with E-state index in [0.717, 1.165) is 0 Å². The summed E-state index contributed by atoms with van der Waals surface area (Å²) in [6, 6.07) is 43.1. The standard InChI is InChI=1S/2C17H14P.ClH.Co.Fe/c2*1-3-9-15(10-4-1)18(17-13-7-8-14-17)16-11-5-2-6-12-16;;;/h2*1-14H;1H;;/q;;;2*+2/p-1. The van der Waals surface area contributed by atoms with Crippen LogP contribution < -0.4 is 33.6 Å². The Morgan fingerprint density at radius 3 is 0.744 bits per heavy atom. The van der Waals surface area contributed by atoms with Gasteiger partial charge in [-0.2, -0.15) is 0 Å². The second kappa shape index (κ2) is 18.5. The SMILES string of the molecule is [CH]1[CH][CH][C](P(c2ccccc2)c2ccccc2)[CH]1.[CH]1[CH][CH][C](P(c2ccccc2)c2ccccc2)[CH]1.[Cl-].[Co+2].[Fe+2]. The summed E-state index contributed by atoms with van der Waals surface area (Å²) in [5, 5.41) is 5.63. The number of hydrogen-bond donors (Lipinski definition) is 0. The van der Waals surface area contributed by atoms with Crippen LogP contribution in [0.4, 0.5) is 0 Å². The van der Waals surface area contributed by atoms with Crippen molar-refractivity contribution in [2.45, 2.75) is 0 Å². The third-order valence-corrected chi connectivity index (χ3v) is 10.8. The first-order valence-corrected chi connectivity index (χ1v) is 14.8. The van der Waals surface area contributed by atoms with Crippen LogP contribution in [0.25, 0.3) is 0 Å². The monoisotopic (exact) mass is 648 g/mol. The van der Waals surface area contributed by atoms with Crippen molar-refractivity contribution in [3.05, 3.63) is 184 Å². The molecule has 2 fully saturated rings. The molecule has 0 unspecified atom stereocenters. The fraction of sp³-hybridized carbons (Fsp3) is 0. The summed E-state index contributed by atoms with van der Waals surface area (Å²) in [6.45, 7) is 0. The molecular formula is C34H28ClCoFeP2+3. The van der Waals surface area contributed by atoms with Crippen LogP contribution in [-0.2, 0) is 33.8 Å². The molecule has 4 aromatic carbocycles. The van der Waals surface area contributed by atoms with Crippen molar-refractivity contribution in [2.24, 2.45) is 0 Å². The number of rotatable bonds is 6. The van der Waals surface area contributed by atoms with E-state index in [1.807, 2.05) is 0 Å². The summed E-state index contributed by atoms with van der Waals surface area (Å²) in [7, 11) is -0.818. The van der Waals surface area contributed by atoms with Gasteiger partial charge >= 0.3 is 33.8 Å². The molecule has 2 aliphatic rings. The fourth-order valence-corrected chi connectivity index (χ4v) is 8.84. The smallest absolute Gasteiger partial charge is 1.00 e. The molecule has 0 N–H and O–H groups in total. The van der Waals surface area contributed by atoms with Gasteiger partial charge in [0.15, 0.2) is 0 Å². The summed E-state index contributed by atoms with van der Waals surface area (Å²) >= 11 is 0. The van der Waals surface area contributed by atoms with Gasteiger partial charge in [0.25, 0.3) is 0 Å². The van der Waals surface area contributed by atoms with Gasteiger partial charge in [-0.3, -0.25) is 0 Å². The van der Waals surface area contributed by atoms with Crippen LogP contribution in [-0.4, -0.2) is 0 Å². The topological polar surface area (TPSA) is 0 Å². The molecule has 2 saturated carbocycles. The van der Waals surface area contributed by atoms with Gasteiger partial charge in [-0.25, -0.2) is 0 Å². The Balaban J connectivity index is 0.000000254. The minimum atomic E-state index is -0.409. The fourth-order valence-electron chi connectivity index (χ4n) is 4.23. The van der Waals surface area contributed by atoms with E-state index in [1.54, 1.807) is 0 Å². The second-order valence-electron chi connectivity index (χ2n) is 8.30. The Labute approximate surface area is 265 Å². The largest absolute Gasteiger partial charge is 2.00 e. The van der Waals surface area contributed by atoms with Gasteiger partial charge < -0.3 is 12.4 Å². The van der Waals surface area contributed by atoms with Crippen LogP contribution in [0.15, 0.2) is 121 Å². The molecule has 39 heavy (non-hydrogen) atoms. The zero-order valence-corrected chi connectivity index (χ0v) is 25.8. The number of halogens is 1. The third-order valence-electron chi connectivity index (χ3n) is 5.86. The molecule has 0 spiro atoms. The van der Waals surface area contributed by atoms with Crippen molar-refractivity contribution >= 4 is 37.1 Å². The van der Waals surface area contributed by atoms with Gasteiger partial charge in [0, 0.05) is 11.3 Å². The van der Waals surface area contributed by atoms with Crippen molar-refractivity contribution in [3.63, 3.8) is 0 Å². The van der Waals surface area contributed by atoms with Gasteiger partial charge in [0.05, 0.1) is 0 Å². The minimum Gasteiger partial charge on any atom is -1.00 e. The molecule has 2 aliphatic carbocycles. The molecular weight excluding hydrogens is 621 g/mol. The van der Waals surface area contributed by atoms with Gasteiger partial charge in [-0.05, 0) is 88.4 Å². The molecule has 195 valence electrons. The van der Waals surface area contributed by atoms with Crippen molar-refractivity contribution < 1.29 is 46.3 Å². The van der Waals surface area contributed by atoms with E-state index in [2.05, 4.69) is 173 Å². The van der Waals surface area contributed by atoms with Crippen LogP contribution in [0, 0.1) is 62.7 Å². The predicted octanol–water partition coefficient (Wildman–Crippen LogP) is 3.96. The van der Waals surface area contributed by atoms with Crippen molar-refractivity contribution in [1.82, 2.24) is 0 Å². The zero-order valence-electron chi connectivity index (χ0n) is 21.1. The van der Waals surface area contributed by atoms with Crippen molar-refractivity contribution in [3.8, 4) is 0 Å². The molecule has 0 heterocycles. The third kappa shape index (κ3) is 9.55. The Bertz CT molecular complexity index is 979. The Hall–Kier alpha value is -0.944. The van der Waals surface area contributed by atoms with Crippen molar-refractivity contribution in [2.75, 3.05) is 0 Å². The maximum absolute atomic E-state index is 2.23. The Morgan fingerprint density at radius 2 is 0.538 bits per heavy atom. The maximum atomic E-state index is 2.23. The maximum Gasteiger partial charge on any atom is 2.00 e. The molecule has 11 radical (unpaired) electrons. The molecule has 0 atom stereocenters. The quantitative estimate of drug-likeness (QED) is 0.220. The van der Waals surface area contributed by atoms with Crippen LogP contribution >= 0.6 is 15.8 Å². The van der Waals surface area contributed by atoms with Gasteiger partial charge in [-0.1, -0.05) is 121 Å². The first-order valence-electron chi connectivity index (χ1n) is 12.1. The van der Waals surface area contributed by atoms with Crippen molar-refractivity contribution in [1.29, 1.82) is 0 Å². The Morgan fingerprint density at radius 1 is 0.333 bits per heavy atom. The minimum absolute atomic E-state index is 0. The molecule has 0 aliphatic heterocycles. The first-order chi connectivity index (χ1) is 17.9. The van der Waals surface area contributed by atoms with E-state index >= 15 is 0 Å². The molecule has 0 saturated heterocycles. The molecule has 5 heteroatoms. The Kier molecular flexibility index (Phi) is 16.2. The van der Waals surface area contributed by atoms with E-state index in [9.17, 15) is 0 Å². The summed E-state index contributed by atoms with van der Waals surface area (Å²) in [4.78, 5) is 0. The van der Waals surface area contributed by atoms with E-state index in [4.69, 9.17) is 0 Å². The molecule has 0 nitrogen and oxygen atoms in total. The van der Waals surface area contributed by atoms with Gasteiger partial charge in [-0.15, -0.1) is 0 Å². The molecule has 6 rings (SSSR count). The van der Waals surface area contributed by atoms with E-state index in [-0.39, 0.29) is 46.3 Å². The predicted molar refractivity (Wildman–Crippen MR) is 159 cm³/mol. The molecule has 0 amide bonds. The van der Waals surface area contributed by atoms with Crippen LogP contribution in [0.1, 0.15) is 0 Å². The summed E-state index contributed by atoms with van der Waals surface area (Å²) < 4.78 is 0. The normalized spacial score (nSPS) is 15.0. The van der Waals surface area contributed by atoms with Crippen LogP contribution in [0.2, 0.25) is 0 Å². The van der Waals surface area contributed by atoms with Gasteiger partial charge in [0.2, 0.25) is 0 Å². The summed E-state index contributed by atoms with van der Waals surface area (Å²) in [5.74, 6) is 0. The number of benzene rings is 4. The second-order valence-corrected chi connectivity index (χ2v) is 12.7. The number of hydrogen-bond acceptors (Lipinski definition) is 0. The van der Waals surface area contributed by atoms with E-state index < -0.39 is 15.8 Å². The zero-order chi connectivity index (χ0) is 24.4.